The fraction of sp³-hybridized carbons (Fsp3) is 0.440. The molecule has 0 spiro atoms. The van der Waals surface area contributed by atoms with Crippen molar-refractivity contribution in [2.75, 3.05) is 31.7 Å². The summed E-state index contributed by atoms with van der Waals surface area (Å²) in [5.74, 6) is 0.763. The average molecular weight is 500 g/mol. The van der Waals surface area contributed by atoms with Gasteiger partial charge < -0.3 is 19.7 Å². The second kappa shape index (κ2) is 9.50. The Morgan fingerprint density at radius 3 is 2.40 bits per heavy atom. The Hall–Kier alpha value is -3.11. The van der Waals surface area contributed by atoms with Crippen molar-refractivity contribution in [3.63, 3.8) is 0 Å². The van der Waals surface area contributed by atoms with Crippen molar-refractivity contribution in [3.8, 4) is 11.5 Å². The number of hydrogen-bond acceptors (Lipinski definition) is 6. The van der Waals surface area contributed by atoms with Crippen molar-refractivity contribution in [3.05, 3.63) is 48.0 Å². The molecule has 3 aliphatic heterocycles. The van der Waals surface area contributed by atoms with Gasteiger partial charge in [-0.3, -0.25) is 9.59 Å². The van der Waals surface area contributed by atoms with Crippen LogP contribution in [0.5, 0.6) is 11.5 Å². The van der Waals surface area contributed by atoms with Gasteiger partial charge in [0.05, 0.1) is 4.90 Å². The van der Waals surface area contributed by atoms with Gasteiger partial charge in [-0.1, -0.05) is 17.7 Å². The first kappa shape index (κ1) is 23.6. The van der Waals surface area contributed by atoms with Crippen LogP contribution in [0.2, 0.25) is 0 Å². The summed E-state index contributed by atoms with van der Waals surface area (Å²) in [7, 11) is -3.75. The molecule has 2 aromatic rings. The minimum absolute atomic E-state index is 0.0968. The highest BCUT2D eigenvalue weighted by Crippen LogP contribution is 2.35. The number of anilines is 1. The molecule has 1 atom stereocenters. The van der Waals surface area contributed by atoms with E-state index in [4.69, 9.17) is 9.47 Å². The van der Waals surface area contributed by atoms with Crippen molar-refractivity contribution in [2.45, 2.75) is 43.5 Å². The van der Waals surface area contributed by atoms with Crippen LogP contribution in [0.4, 0.5) is 5.69 Å². The molecule has 0 saturated carbocycles. The summed E-state index contributed by atoms with van der Waals surface area (Å²) < 4.78 is 38.4. The van der Waals surface area contributed by atoms with Gasteiger partial charge in [0.2, 0.25) is 28.6 Å². The zero-order valence-electron chi connectivity index (χ0n) is 19.6. The third kappa shape index (κ3) is 4.72. The Labute approximate surface area is 205 Å². The van der Waals surface area contributed by atoms with Crippen molar-refractivity contribution in [1.29, 1.82) is 0 Å². The lowest BCUT2D eigenvalue weighted by Crippen LogP contribution is -2.50. The maximum absolute atomic E-state index is 13.3. The summed E-state index contributed by atoms with van der Waals surface area (Å²) in [6.45, 7) is 3.25. The van der Waals surface area contributed by atoms with E-state index in [-0.39, 0.29) is 29.4 Å². The van der Waals surface area contributed by atoms with Crippen LogP contribution in [0.3, 0.4) is 0 Å². The average Bonchev–Trinajstić information content (AvgIpc) is 3.54. The van der Waals surface area contributed by atoms with E-state index < -0.39 is 16.1 Å². The second-order valence-corrected chi connectivity index (χ2v) is 11.1. The third-order valence-corrected chi connectivity index (χ3v) is 8.86. The van der Waals surface area contributed by atoms with Crippen LogP contribution in [0.15, 0.2) is 47.4 Å². The van der Waals surface area contributed by atoms with E-state index in [9.17, 15) is 18.0 Å². The summed E-state index contributed by atoms with van der Waals surface area (Å²) in [4.78, 5) is 28.0. The highest BCUT2D eigenvalue weighted by atomic mass is 32.2. The molecule has 35 heavy (non-hydrogen) atoms. The zero-order chi connectivity index (χ0) is 24.6. The van der Waals surface area contributed by atoms with Crippen LogP contribution in [-0.2, 0) is 19.6 Å². The fourth-order valence-electron chi connectivity index (χ4n) is 4.91. The topological polar surface area (TPSA) is 105 Å². The number of carbonyl (C=O) groups excluding carboxylic acids is 2. The summed E-state index contributed by atoms with van der Waals surface area (Å²) in [5, 5.41) is 2.92. The molecule has 3 aliphatic rings. The van der Waals surface area contributed by atoms with Gasteiger partial charge in [-0.2, -0.15) is 4.31 Å². The normalized spacial score (nSPS) is 20.7. The van der Waals surface area contributed by atoms with Crippen LogP contribution in [0.25, 0.3) is 0 Å². The number of nitrogens with zero attached hydrogens (tertiary/aromatic N) is 2. The summed E-state index contributed by atoms with van der Waals surface area (Å²) in [5.41, 5.74) is 1.61. The van der Waals surface area contributed by atoms with E-state index in [2.05, 4.69) is 5.32 Å². The molecule has 0 aromatic heterocycles. The molecule has 0 bridgehead atoms. The van der Waals surface area contributed by atoms with Gasteiger partial charge in [0.1, 0.15) is 6.04 Å². The number of ether oxygens (including phenoxy) is 2. The molecule has 3 heterocycles. The molecule has 9 nitrogen and oxygen atoms in total. The monoisotopic (exact) mass is 499 g/mol. The van der Waals surface area contributed by atoms with Crippen molar-refractivity contribution in [2.24, 2.45) is 5.92 Å². The molecule has 186 valence electrons. The number of rotatable bonds is 5. The van der Waals surface area contributed by atoms with Crippen molar-refractivity contribution in [1.82, 2.24) is 9.21 Å². The number of hydrogen-bond donors (Lipinski definition) is 1. The SMILES string of the molecule is Cc1ccc(S(=O)(=O)N2CCCC2C(=O)N2CCC(C(=O)Nc3ccc4c(c3)OCO4)CC2)cc1. The van der Waals surface area contributed by atoms with Gasteiger partial charge in [0.25, 0.3) is 0 Å². The maximum atomic E-state index is 13.3. The van der Waals surface area contributed by atoms with Crippen LogP contribution in [0, 0.1) is 12.8 Å². The van der Waals surface area contributed by atoms with Gasteiger partial charge in [0.15, 0.2) is 11.5 Å². The van der Waals surface area contributed by atoms with Gasteiger partial charge >= 0.3 is 0 Å². The van der Waals surface area contributed by atoms with E-state index in [0.717, 1.165) is 5.56 Å². The summed E-state index contributed by atoms with van der Waals surface area (Å²) >= 11 is 0. The quantitative estimate of drug-likeness (QED) is 0.678. The smallest absolute Gasteiger partial charge is 0.243 e. The number of benzene rings is 2. The minimum Gasteiger partial charge on any atom is -0.454 e. The van der Waals surface area contributed by atoms with E-state index in [1.807, 2.05) is 6.92 Å². The third-order valence-electron chi connectivity index (χ3n) is 6.93. The molecule has 10 heteroatoms. The standard InChI is InChI=1S/C25H29N3O6S/c1-17-4-7-20(8-5-17)35(31,32)28-12-2-3-21(28)25(30)27-13-10-18(11-14-27)24(29)26-19-6-9-22-23(15-19)34-16-33-22/h4-9,15,18,21H,2-3,10-14,16H2,1H3,(H,26,29). The van der Waals surface area contributed by atoms with Gasteiger partial charge in [-0.15, -0.1) is 0 Å². The molecular formula is C25H29N3O6S. The summed E-state index contributed by atoms with van der Waals surface area (Å²) in [6, 6.07) is 11.3. The number of likely N-dealkylation sites (tertiary alicyclic amines) is 1. The molecule has 2 amide bonds. The lowest BCUT2D eigenvalue weighted by Gasteiger charge is -2.34. The number of nitrogens with one attached hydrogen (secondary N) is 1. The molecule has 5 rings (SSSR count). The van der Waals surface area contributed by atoms with Gasteiger partial charge in [-0.05, 0) is 56.9 Å². The maximum Gasteiger partial charge on any atom is 0.243 e. The van der Waals surface area contributed by atoms with Crippen LogP contribution < -0.4 is 14.8 Å². The van der Waals surface area contributed by atoms with E-state index in [0.29, 0.717) is 62.5 Å². The molecule has 1 N–H and O–H groups in total. The number of aryl methyl sites for hydroxylation is 1. The first-order valence-corrected chi connectivity index (χ1v) is 13.3. The Kier molecular flexibility index (Phi) is 6.41. The molecular weight excluding hydrogens is 470 g/mol. The van der Waals surface area contributed by atoms with E-state index in [1.54, 1.807) is 47.4 Å². The largest absolute Gasteiger partial charge is 0.454 e. The number of fused-ring (bicyclic) bond motifs is 1. The Balaban J connectivity index is 1.19. The van der Waals surface area contributed by atoms with Crippen LogP contribution in [-0.4, -0.2) is 61.9 Å². The molecule has 1 unspecified atom stereocenters. The molecule has 0 radical (unpaired) electrons. The summed E-state index contributed by atoms with van der Waals surface area (Å²) in [6.07, 6.45) is 2.21. The first-order chi connectivity index (χ1) is 16.8. The second-order valence-electron chi connectivity index (χ2n) is 9.24. The van der Waals surface area contributed by atoms with E-state index in [1.165, 1.54) is 4.31 Å². The molecule has 2 aromatic carbocycles. The minimum atomic E-state index is -3.75. The fourth-order valence-corrected chi connectivity index (χ4v) is 6.56. The Bertz CT molecular complexity index is 1220. The lowest BCUT2D eigenvalue weighted by molar-refractivity contribution is -0.137. The van der Waals surface area contributed by atoms with Crippen LogP contribution in [0.1, 0.15) is 31.2 Å². The lowest BCUT2D eigenvalue weighted by atomic mass is 9.95. The molecule has 0 aliphatic carbocycles. The van der Waals surface area contributed by atoms with E-state index >= 15 is 0 Å². The Morgan fingerprint density at radius 1 is 0.943 bits per heavy atom. The molecule has 2 fully saturated rings. The Morgan fingerprint density at radius 2 is 1.66 bits per heavy atom. The van der Waals surface area contributed by atoms with Crippen LogP contribution >= 0.6 is 0 Å². The predicted octanol–water partition coefficient (Wildman–Crippen LogP) is 2.75. The highest BCUT2D eigenvalue weighted by molar-refractivity contribution is 7.89. The number of amides is 2. The number of piperidine rings is 1. The predicted molar refractivity (Wildman–Crippen MR) is 129 cm³/mol. The van der Waals surface area contributed by atoms with Gasteiger partial charge in [-0.25, -0.2) is 8.42 Å². The van der Waals surface area contributed by atoms with Crippen molar-refractivity contribution < 1.29 is 27.5 Å². The highest BCUT2D eigenvalue weighted by Gasteiger charge is 2.42. The number of sulfonamides is 1. The number of carbonyl (C=O) groups is 2. The first-order valence-electron chi connectivity index (χ1n) is 11.9. The van der Waals surface area contributed by atoms with Gasteiger partial charge in [0, 0.05) is 37.3 Å². The molecule has 2 saturated heterocycles. The van der Waals surface area contributed by atoms with Crippen molar-refractivity contribution >= 4 is 27.5 Å². The zero-order valence-corrected chi connectivity index (χ0v) is 20.4.